The number of benzene rings is 1. The largest absolute Gasteiger partial charge is 0.455 e. The van der Waals surface area contributed by atoms with E-state index < -0.39 is 46.8 Å². The lowest BCUT2D eigenvalue weighted by molar-refractivity contribution is -0.384. The molecular weight excluding hydrogens is 461 g/mol. The van der Waals surface area contributed by atoms with Crippen LogP contribution in [0.3, 0.4) is 0 Å². The highest BCUT2D eigenvalue weighted by Gasteiger charge is 2.35. The predicted octanol–water partition coefficient (Wildman–Crippen LogP) is 2.10. The maximum absolute atomic E-state index is 12.9. The van der Waals surface area contributed by atoms with Crippen molar-refractivity contribution in [2.75, 3.05) is 37.7 Å². The fourth-order valence-electron chi connectivity index (χ4n) is 4.22. The van der Waals surface area contributed by atoms with Gasteiger partial charge < -0.3 is 20.3 Å². The number of nitro groups is 1. The van der Waals surface area contributed by atoms with E-state index in [4.69, 9.17) is 10.5 Å². The second-order valence-corrected chi connectivity index (χ2v) is 8.38. The lowest BCUT2D eigenvalue weighted by Crippen LogP contribution is -2.44. The first kappa shape index (κ1) is 25.2. The molecule has 0 aromatic heterocycles. The Bertz CT molecular complexity index is 954. The van der Waals surface area contributed by atoms with E-state index in [-0.39, 0.29) is 43.4 Å². The number of ether oxygens (including phenoxy) is 1. The number of primary amides is 1. The van der Waals surface area contributed by atoms with E-state index in [2.05, 4.69) is 0 Å². The minimum absolute atomic E-state index is 0.0550. The van der Waals surface area contributed by atoms with Gasteiger partial charge in [0.1, 0.15) is 5.69 Å². The fraction of sp³-hybridized carbons (Fsp3) is 0.571. The van der Waals surface area contributed by atoms with Crippen molar-refractivity contribution in [1.82, 2.24) is 4.90 Å². The lowest BCUT2D eigenvalue weighted by Gasteiger charge is -2.33. The molecular formula is C21H25F3N4O6. The van der Waals surface area contributed by atoms with Gasteiger partial charge in [-0.1, -0.05) is 0 Å². The average Bonchev–Trinajstić information content (AvgIpc) is 2.81. The Morgan fingerprint density at radius 3 is 2.18 bits per heavy atom. The molecule has 2 saturated heterocycles. The van der Waals surface area contributed by atoms with Crippen molar-refractivity contribution in [3.63, 3.8) is 0 Å². The van der Waals surface area contributed by atoms with Crippen molar-refractivity contribution < 1.29 is 37.2 Å². The number of piperidine rings is 2. The normalized spacial score (nSPS) is 18.0. The molecule has 34 heavy (non-hydrogen) atoms. The minimum Gasteiger partial charge on any atom is -0.455 e. The summed E-state index contributed by atoms with van der Waals surface area (Å²) in [6.45, 7) is 0.703. The first-order valence-corrected chi connectivity index (χ1v) is 10.8. The summed E-state index contributed by atoms with van der Waals surface area (Å²) in [6, 6.07) is 2.37. The number of alkyl halides is 3. The number of amides is 2. The molecule has 1 aromatic carbocycles. The molecule has 186 valence electrons. The first-order valence-electron chi connectivity index (χ1n) is 10.8. The van der Waals surface area contributed by atoms with Crippen molar-refractivity contribution in [3.8, 4) is 0 Å². The molecule has 2 aliphatic rings. The Balaban J connectivity index is 1.51. The van der Waals surface area contributed by atoms with Gasteiger partial charge in [-0.3, -0.25) is 24.5 Å². The number of hydrogen-bond acceptors (Lipinski definition) is 7. The summed E-state index contributed by atoms with van der Waals surface area (Å²) in [5.74, 6) is -2.13. The minimum atomic E-state index is -4.70. The van der Waals surface area contributed by atoms with Crippen molar-refractivity contribution in [2.45, 2.75) is 31.9 Å². The number of hydrogen-bond donors (Lipinski definition) is 1. The molecule has 10 nitrogen and oxygen atoms in total. The molecule has 2 amide bonds. The molecule has 0 spiro atoms. The number of rotatable bonds is 6. The molecule has 0 bridgehead atoms. The first-order chi connectivity index (χ1) is 16.0. The summed E-state index contributed by atoms with van der Waals surface area (Å²) in [4.78, 5) is 49.4. The third-order valence-electron chi connectivity index (χ3n) is 6.26. The molecule has 1 aromatic rings. The van der Waals surface area contributed by atoms with E-state index in [1.165, 1.54) is 4.90 Å². The van der Waals surface area contributed by atoms with Crippen LogP contribution < -0.4 is 10.6 Å². The Hall–Kier alpha value is -3.38. The highest BCUT2D eigenvalue weighted by atomic mass is 19.4. The van der Waals surface area contributed by atoms with Crippen LogP contribution in [-0.2, 0) is 25.3 Å². The number of nitrogens with two attached hydrogens (primary N) is 1. The molecule has 2 aliphatic heterocycles. The number of likely N-dealkylation sites (tertiary alicyclic amines) is 1. The van der Waals surface area contributed by atoms with Gasteiger partial charge in [0.05, 0.1) is 16.4 Å². The van der Waals surface area contributed by atoms with Gasteiger partial charge in [0.2, 0.25) is 5.91 Å². The van der Waals surface area contributed by atoms with E-state index in [1.54, 1.807) is 4.90 Å². The highest BCUT2D eigenvalue weighted by Crippen LogP contribution is 2.37. The standard InChI is InChI=1S/C21H25F3N4O6/c22-21(23,24)15-1-2-16(17(11-15)28(32)33)26-7-5-14(6-8-26)20(31)34-12-18(29)27-9-3-13(4-10-27)19(25)30/h1-2,11,13-14H,3-10,12H2,(H2,25,30). The molecule has 2 fully saturated rings. The van der Waals surface area contributed by atoms with Crippen LogP contribution >= 0.6 is 0 Å². The lowest BCUT2D eigenvalue weighted by atomic mass is 9.96. The van der Waals surface area contributed by atoms with E-state index in [1.807, 2.05) is 0 Å². The van der Waals surface area contributed by atoms with Crippen LogP contribution in [-0.4, -0.2) is 60.4 Å². The number of carbonyl (C=O) groups is 3. The number of carbonyl (C=O) groups excluding carboxylic acids is 3. The van der Waals surface area contributed by atoms with Crippen LogP contribution in [0.2, 0.25) is 0 Å². The Morgan fingerprint density at radius 2 is 1.65 bits per heavy atom. The second kappa shape index (κ2) is 10.3. The third-order valence-corrected chi connectivity index (χ3v) is 6.26. The molecule has 0 unspecified atom stereocenters. The number of esters is 1. The van der Waals surface area contributed by atoms with Crippen LogP contribution in [0.5, 0.6) is 0 Å². The predicted molar refractivity (Wildman–Crippen MR) is 112 cm³/mol. The van der Waals surface area contributed by atoms with Gasteiger partial charge in [0.25, 0.3) is 11.6 Å². The van der Waals surface area contributed by atoms with Gasteiger partial charge in [-0.25, -0.2) is 0 Å². The molecule has 0 aliphatic carbocycles. The van der Waals surface area contributed by atoms with E-state index in [0.717, 1.165) is 12.1 Å². The number of halogens is 3. The van der Waals surface area contributed by atoms with Crippen LogP contribution in [0.15, 0.2) is 18.2 Å². The van der Waals surface area contributed by atoms with Crippen LogP contribution in [0.25, 0.3) is 0 Å². The summed E-state index contributed by atoms with van der Waals surface area (Å²) in [6.07, 6.45) is -3.23. The topological polar surface area (TPSA) is 136 Å². The number of nitrogens with zero attached hydrogens (tertiary/aromatic N) is 3. The summed E-state index contributed by atoms with van der Waals surface area (Å²) in [5.41, 5.74) is 3.57. The molecule has 0 saturated carbocycles. The maximum atomic E-state index is 12.9. The molecule has 0 radical (unpaired) electrons. The zero-order chi connectivity index (χ0) is 25.0. The van der Waals surface area contributed by atoms with Gasteiger partial charge >= 0.3 is 12.1 Å². The monoisotopic (exact) mass is 486 g/mol. The van der Waals surface area contributed by atoms with Crippen molar-refractivity contribution in [1.29, 1.82) is 0 Å². The van der Waals surface area contributed by atoms with Gasteiger partial charge in [-0.15, -0.1) is 0 Å². The van der Waals surface area contributed by atoms with Crippen molar-refractivity contribution >= 4 is 29.2 Å². The summed E-state index contributed by atoms with van der Waals surface area (Å²) < 4.78 is 43.9. The van der Waals surface area contributed by atoms with E-state index >= 15 is 0 Å². The van der Waals surface area contributed by atoms with Gasteiger partial charge in [0.15, 0.2) is 6.61 Å². The van der Waals surface area contributed by atoms with Gasteiger partial charge in [-0.2, -0.15) is 13.2 Å². The van der Waals surface area contributed by atoms with E-state index in [0.29, 0.717) is 32.0 Å². The quantitative estimate of drug-likeness (QED) is 0.369. The number of anilines is 1. The fourth-order valence-corrected chi connectivity index (χ4v) is 4.22. The van der Waals surface area contributed by atoms with Crippen LogP contribution in [0.4, 0.5) is 24.5 Å². The summed E-state index contributed by atoms with van der Waals surface area (Å²) in [5, 5.41) is 11.3. The smallest absolute Gasteiger partial charge is 0.416 e. The maximum Gasteiger partial charge on any atom is 0.416 e. The van der Waals surface area contributed by atoms with Crippen molar-refractivity contribution in [2.24, 2.45) is 17.6 Å². The zero-order valence-corrected chi connectivity index (χ0v) is 18.3. The third kappa shape index (κ3) is 5.94. The van der Waals surface area contributed by atoms with Gasteiger partial charge in [-0.05, 0) is 37.8 Å². The average molecular weight is 486 g/mol. The SMILES string of the molecule is NC(=O)C1CCN(C(=O)COC(=O)C2CCN(c3ccc(C(F)(F)F)cc3[N+](=O)[O-])CC2)CC1. The summed E-state index contributed by atoms with van der Waals surface area (Å²) in [7, 11) is 0. The van der Waals surface area contributed by atoms with Crippen LogP contribution in [0, 0.1) is 22.0 Å². The highest BCUT2D eigenvalue weighted by molar-refractivity contribution is 5.82. The second-order valence-electron chi connectivity index (χ2n) is 8.38. The van der Waals surface area contributed by atoms with Crippen molar-refractivity contribution in [3.05, 3.63) is 33.9 Å². The Kier molecular flexibility index (Phi) is 7.62. The number of nitro benzene ring substituents is 1. The molecule has 13 heteroatoms. The molecule has 0 atom stereocenters. The Morgan fingerprint density at radius 1 is 1.06 bits per heavy atom. The molecule has 3 rings (SSSR count). The van der Waals surface area contributed by atoms with Gasteiger partial charge in [0, 0.05) is 38.2 Å². The molecule has 2 N–H and O–H groups in total. The summed E-state index contributed by atoms with van der Waals surface area (Å²) >= 11 is 0. The zero-order valence-electron chi connectivity index (χ0n) is 18.3. The van der Waals surface area contributed by atoms with Crippen LogP contribution in [0.1, 0.15) is 31.2 Å². The Labute approximate surface area is 193 Å². The molecule has 2 heterocycles. The van der Waals surface area contributed by atoms with E-state index in [9.17, 15) is 37.7 Å².